The van der Waals surface area contributed by atoms with E-state index in [1.165, 1.54) is 4.90 Å². The Hall–Kier alpha value is -1.43. The lowest BCUT2D eigenvalue weighted by molar-refractivity contribution is -0.151. The molecule has 1 aliphatic heterocycles. The summed E-state index contributed by atoms with van der Waals surface area (Å²) < 4.78 is 5.35. The smallest absolute Gasteiger partial charge is 0.330 e. The molecule has 1 saturated heterocycles. The standard InChI is InChI=1S/C14H22N2O4/c1-2-9-20-10-5-8-16-12(18)14(6-3-4-7-14)11(17)15-13(16)19/h2-10H2,1H3,(H,15,17,19). The summed E-state index contributed by atoms with van der Waals surface area (Å²) in [6.45, 7) is 3.54. The number of hydrogen-bond acceptors (Lipinski definition) is 4. The largest absolute Gasteiger partial charge is 0.381 e. The molecular weight excluding hydrogens is 260 g/mol. The van der Waals surface area contributed by atoms with Gasteiger partial charge in [-0.3, -0.25) is 19.8 Å². The summed E-state index contributed by atoms with van der Waals surface area (Å²) in [7, 11) is 0. The molecule has 2 fully saturated rings. The highest BCUT2D eigenvalue weighted by Gasteiger charge is 2.54. The van der Waals surface area contributed by atoms with E-state index in [1.807, 2.05) is 6.92 Å². The fraction of sp³-hybridized carbons (Fsp3) is 0.786. The maximum Gasteiger partial charge on any atom is 0.330 e. The summed E-state index contributed by atoms with van der Waals surface area (Å²) in [6, 6.07) is -0.590. The average molecular weight is 282 g/mol. The second-order valence-electron chi connectivity index (χ2n) is 5.47. The zero-order valence-electron chi connectivity index (χ0n) is 11.9. The van der Waals surface area contributed by atoms with Gasteiger partial charge in [0, 0.05) is 19.8 Å². The second-order valence-corrected chi connectivity index (χ2v) is 5.47. The summed E-state index contributed by atoms with van der Waals surface area (Å²) in [5.74, 6) is -0.734. The summed E-state index contributed by atoms with van der Waals surface area (Å²) in [5, 5.41) is 2.33. The molecule has 1 heterocycles. The van der Waals surface area contributed by atoms with E-state index in [4.69, 9.17) is 4.74 Å². The molecule has 6 heteroatoms. The van der Waals surface area contributed by atoms with Gasteiger partial charge in [-0.25, -0.2) is 4.79 Å². The summed E-state index contributed by atoms with van der Waals surface area (Å²) in [4.78, 5) is 37.5. The molecule has 0 radical (unpaired) electrons. The van der Waals surface area contributed by atoms with Crippen LogP contribution in [0.2, 0.25) is 0 Å². The maximum atomic E-state index is 12.5. The summed E-state index contributed by atoms with van der Waals surface area (Å²) in [5.41, 5.74) is -0.988. The van der Waals surface area contributed by atoms with Gasteiger partial charge in [0.1, 0.15) is 5.41 Å². The van der Waals surface area contributed by atoms with E-state index < -0.39 is 17.4 Å². The van der Waals surface area contributed by atoms with Gasteiger partial charge in [0.25, 0.3) is 0 Å². The van der Waals surface area contributed by atoms with Crippen LogP contribution in [0.25, 0.3) is 0 Å². The number of urea groups is 1. The SMILES string of the molecule is CCCOCCCN1C(=O)NC(=O)C2(CCCC2)C1=O. The van der Waals surface area contributed by atoms with Crippen LogP contribution in [0.5, 0.6) is 0 Å². The van der Waals surface area contributed by atoms with Crippen LogP contribution in [0.4, 0.5) is 4.79 Å². The van der Waals surface area contributed by atoms with E-state index in [1.54, 1.807) is 0 Å². The van der Waals surface area contributed by atoms with Gasteiger partial charge in [-0.2, -0.15) is 0 Å². The zero-order chi connectivity index (χ0) is 14.6. The third kappa shape index (κ3) is 2.70. The van der Waals surface area contributed by atoms with Crippen molar-refractivity contribution in [2.24, 2.45) is 5.41 Å². The predicted octanol–water partition coefficient (Wildman–Crippen LogP) is 1.44. The fourth-order valence-corrected chi connectivity index (χ4v) is 2.93. The van der Waals surface area contributed by atoms with E-state index in [2.05, 4.69) is 5.32 Å². The third-order valence-electron chi connectivity index (χ3n) is 4.03. The first kappa shape index (κ1) is 15.0. The lowest BCUT2D eigenvalue weighted by Crippen LogP contribution is -2.63. The van der Waals surface area contributed by atoms with Gasteiger partial charge in [0.15, 0.2) is 0 Å². The number of hydrogen-bond donors (Lipinski definition) is 1. The number of amides is 4. The Balaban J connectivity index is 1.95. The van der Waals surface area contributed by atoms with E-state index in [0.717, 1.165) is 19.3 Å². The van der Waals surface area contributed by atoms with Crippen LogP contribution >= 0.6 is 0 Å². The molecule has 4 amide bonds. The number of nitrogens with one attached hydrogen (secondary N) is 1. The minimum absolute atomic E-state index is 0.309. The van der Waals surface area contributed by atoms with Crippen LogP contribution in [0, 0.1) is 5.41 Å². The van der Waals surface area contributed by atoms with Crippen molar-refractivity contribution in [1.29, 1.82) is 0 Å². The van der Waals surface area contributed by atoms with E-state index in [-0.39, 0.29) is 5.91 Å². The van der Waals surface area contributed by atoms with Gasteiger partial charge >= 0.3 is 6.03 Å². The first-order valence-electron chi connectivity index (χ1n) is 7.37. The zero-order valence-corrected chi connectivity index (χ0v) is 11.9. The van der Waals surface area contributed by atoms with Gasteiger partial charge in [0.2, 0.25) is 11.8 Å². The number of nitrogens with zero attached hydrogens (tertiary/aromatic N) is 1. The van der Waals surface area contributed by atoms with Crippen molar-refractivity contribution in [2.45, 2.75) is 45.4 Å². The molecule has 2 rings (SSSR count). The molecule has 0 unspecified atom stereocenters. The van der Waals surface area contributed by atoms with Crippen molar-refractivity contribution in [1.82, 2.24) is 10.2 Å². The molecule has 0 bridgehead atoms. The maximum absolute atomic E-state index is 12.5. The first-order chi connectivity index (χ1) is 9.62. The monoisotopic (exact) mass is 282 g/mol. The highest BCUT2D eigenvalue weighted by Crippen LogP contribution is 2.41. The van der Waals surface area contributed by atoms with Crippen molar-refractivity contribution in [2.75, 3.05) is 19.8 Å². The quantitative estimate of drug-likeness (QED) is 0.591. The highest BCUT2D eigenvalue weighted by atomic mass is 16.5. The Labute approximate surface area is 118 Å². The van der Waals surface area contributed by atoms with Crippen LogP contribution in [0.1, 0.15) is 45.4 Å². The lowest BCUT2D eigenvalue weighted by atomic mass is 9.82. The topological polar surface area (TPSA) is 75.7 Å². The molecule has 0 aromatic rings. The Morgan fingerprint density at radius 1 is 1.20 bits per heavy atom. The molecule has 1 aliphatic carbocycles. The summed E-state index contributed by atoms with van der Waals surface area (Å²) in [6.07, 6.45) is 4.37. The summed E-state index contributed by atoms with van der Waals surface area (Å²) >= 11 is 0. The molecule has 20 heavy (non-hydrogen) atoms. The molecule has 0 aromatic carbocycles. The second kappa shape index (κ2) is 6.35. The molecule has 0 aromatic heterocycles. The first-order valence-corrected chi connectivity index (χ1v) is 7.37. The van der Waals surface area contributed by atoms with E-state index in [0.29, 0.717) is 39.0 Å². The Morgan fingerprint density at radius 3 is 2.55 bits per heavy atom. The normalized spacial score (nSPS) is 21.6. The van der Waals surface area contributed by atoms with Crippen LogP contribution < -0.4 is 5.32 Å². The van der Waals surface area contributed by atoms with Gasteiger partial charge < -0.3 is 4.74 Å². The molecule has 6 nitrogen and oxygen atoms in total. The van der Waals surface area contributed by atoms with Gasteiger partial charge in [-0.1, -0.05) is 19.8 Å². The number of imide groups is 2. The Kier molecular flexibility index (Phi) is 4.75. The molecular formula is C14H22N2O4. The van der Waals surface area contributed by atoms with Crippen LogP contribution in [-0.2, 0) is 14.3 Å². The fourth-order valence-electron chi connectivity index (χ4n) is 2.93. The molecule has 1 spiro atoms. The van der Waals surface area contributed by atoms with Gasteiger partial charge in [-0.05, 0) is 25.7 Å². The van der Waals surface area contributed by atoms with Crippen LogP contribution in [-0.4, -0.2) is 42.5 Å². The third-order valence-corrected chi connectivity index (χ3v) is 4.03. The molecule has 1 N–H and O–H groups in total. The lowest BCUT2D eigenvalue weighted by Gasteiger charge is -2.36. The molecule has 1 saturated carbocycles. The number of rotatable bonds is 6. The predicted molar refractivity (Wildman–Crippen MR) is 71.9 cm³/mol. The number of ether oxygens (including phenoxy) is 1. The van der Waals surface area contributed by atoms with Gasteiger partial charge in [0.05, 0.1) is 0 Å². The van der Waals surface area contributed by atoms with Crippen molar-refractivity contribution in [3.05, 3.63) is 0 Å². The number of barbiturate groups is 1. The van der Waals surface area contributed by atoms with E-state index >= 15 is 0 Å². The average Bonchev–Trinajstić information content (AvgIpc) is 2.91. The minimum atomic E-state index is -0.988. The minimum Gasteiger partial charge on any atom is -0.381 e. The molecule has 0 atom stereocenters. The van der Waals surface area contributed by atoms with Crippen molar-refractivity contribution in [3.8, 4) is 0 Å². The number of carbonyl (C=O) groups excluding carboxylic acids is 3. The van der Waals surface area contributed by atoms with E-state index in [9.17, 15) is 14.4 Å². The Morgan fingerprint density at radius 2 is 1.90 bits per heavy atom. The van der Waals surface area contributed by atoms with Crippen LogP contribution in [0.15, 0.2) is 0 Å². The van der Waals surface area contributed by atoms with Crippen molar-refractivity contribution >= 4 is 17.8 Å². The highest BCUT2D eigenvalue weighted by molar-refractivity contribution is 6.19. The number of carbonyl (C=O) groups is 3. The van der Waals surface area contributed by atoms with Crippen LogP contribution in [0.3, 0.4) is 0 Å². The molecule has 112 valence electrons. The van der Waals surface area contributed by atoms with Gasteiger partial charge in [-0.15, -0.1) is 0 Å². The van der Waals surface area contributed by atoms with Crippen molar-refractivity contribution < 1.29 is 19.1 Å². The molecule has 2 aliphatic rings. The Bertz CT molecular complexity index is 402. The van der Waals surface area contributed by atoms with Crippen molar-refractivity contribution in [3.63, 3.8) is 0 Å².